The smallest absolute Gasteiger partial charge is 0.159 e. The SMILES string of the molecule is CC(=O)c1ccc(NCC2(CCO)CC2)cc1. The number of carbonyl (C=O) groups excluding carboxylic acids is 1. The normalized spacial score (nSPS) is 16.6. The molecule has 1 saturated carbocycles. The van der Waals surface area contributed by atoms with Gasteiger partial charge in [0.15, 0.2) is 5.78 Å². The lowest BCUT2D eigenvalue weighted by molar-refractivity contribution is 0.101. The van der Waals surface area contributed by atoms with Gasteiger partial charge in [0.2, 0.25) is 0 Å². The van der Waals surface area contributed by atoms with Crippen molar-refractivity contribution in [3.63, 3.8) is 0 Å². The Morgan fingerprint density at radius 2 is 2.00 bits per heavy atom. The van der Waals surface area contributed by atoms with Crippen molar-refractivity contribution in [3.05, 3.63) is 29.8 Å². The van der Waals surface area contributed by atoms with Crippen LogP contribution >= 0.6 is 0 Å². The summed E-state index contributed by atoms with van der Waals surface area (Å²) in [5, 5.41) is 12.3. The van der Waals surface area contributed by atoms with Gasteiger partial charge < -0.3 is 10.4 Å². The molecular weight excluding hydrogens is 214 g/mol. The molecular formula is C14H19NO2. The third-order valence-electron chi connectivity index (χ3n) is 3.56. The van der Waals surface area contributed by atoms with E-state index < -0.39 is 0 Å². The first-order valence-corrected chi connectivity index (χ1v) is 6.11. The maximum absolute atomic E-state index is 11.1. The zero-order valence-corrected chi connectivity index (χ0v) is 10.2. The van der Waals surface area contributed by atoms with E-state index >= 15 is 0 Å². The zero-order chi connectivity index (χ0) is 12.3. The van der Waals surface area contributed by atoms with E-state index in [2.05, 4.69) is 5.32 Å². The molecule has 2 N–H and O–H groups in total. The van der Waals surface area contributed by atoms with E-state index in [0.29, 0.717) is 5.41 Å². The van der Waals surface area contributed by atoms with Crippen molar-refractivity contribution in [3.8, 4) is 0 Å². The molecule has 0 aromatic heterocycles. The Hall–Kier alpha value is -1.35. The number of aliphatic hydroxyl groups excluding tert-OH is 1. The average molecular weight is 233 g/mol. The molecule has 17 heavy (non-hydrogen) atoms. The molecule has 0 radical (unpaired) electrons. The number of hydrogen-bond acceptors (Lipinski definition) is 3. The standard InChI is InChI=1S/C14H19NO2/c1-11(17)12-2-4-13(5-3-12)15-10-14(6-7-14)8-9-16/h2-5,15-16H,6-10H2,1H3. The lowest BCUT2D eigenvalue weighted by Gasteiger charge is -2.15. The van der Waals surface area contributed by atoms with Crippen molar-refractivity contribution in [2.24, 2.45) is 5.41 Å². The molecule has 3 nitrogen and oxygen atoms in total. The van der Waals surface area contributed by atoms with Gasteiger partial charge in [-0.2, -0.15) is 0 Å². The highest BCUT2D eigenvalue weighted by molar-refractivity contribution is 5.94. The second-order valence-electron chi connectivity index (χ2n) is 4.96. The number of hydrogen-bond donors (Lipinski definition) is 2. The first kappa shape index (κ1) is 12.1. The molecule has 0 aliphatic heterocycles. The Morgan fingerprint density at radius 1 is 1.35 bits per heavy atom. The van der Waals surface area contributed by atoms with E-state index in [1.54, 1.807) is 6.92 Å². The van der Waals surface area contributed by atoms with Crippen LogP contribution in [0.1, 0.15) is 36.5 Å². The number of rotatable bonds is 6. The van der Waals surface area contributed by atoms with Gasteiger partial charge >= 0.3 is 0 Å². The number of anilines is 1. The number of benzene rings is 1. The van der Waals surface area contributed by atoms with Crippen molar-refractivity contribution in [2.75, 3.05) is 18.5 Å². The summed E-state index contributed by atoms with van der Waals surface area (Å²) >= 11 is 0. The fourth-order valence-electron chi connectivity index (χ4n) is 2.04. The third kappa shape index (κ3) is 3.07. The van der Waals surface area contributed by atoms with Crippen molar-refractivity contribution >= 4 is 11.5 Å². The Morgan fingerprint density at radius 3 is 2.47 bits per heavy atom. The summed E-state index contributed by atoms with van der Waals surface area (Å²) in [6.07, 6.45) is 3.28. The molecule has 1 aromatic carbocycles. The molecule has 1 aliphatic rings. The minimum Gasteiger partial charge on any atom is -0.396 e. The summed E-state index contributed by atoms with van der Waals surface area (Å²) in [5.74, 6) is 0.0930. The summed E-state index contributed by atoms with van der Waals surface area (Å²) in [6, 6.07) is 7.56. The molecule has 0 heterocycles. The van der Waals surface area contributed by atoms with Gasteiger partial charge in [0.1, 0.15) is 0 Å². The minimum atomic E-state index is 0.0930. The molecule has 1 aromatic rings. The van der Waals surface area contributed by atoms with E-state index in [4.69, 9.17) is 5.11 Å². The maximum Gasteiger partial charge on any atom is 0.159 e. The highest BCUT2D eigenvalue weighted by atomic mass is 16.3. The fraction of sp³-hybridized carbons (Fsp3) is 0.500. The first-order valence-electron chi connectivity index (χ1n) is 6.11. The Labute approximate surface area is 102 Å². The fourth-order valence-corrected chi connectivity index (χ4v) is 2.04. The van der Waals surface area contributed by atoms with Crippen molar-refractivity contribution in [1.29, 1.82) is 0 Å². The van der Waals surface area contributed by atoms with Crippen LogP contribution in [0, 0.1) is 5.41 Å². The van der Waals surface area contributed by atoms with E-state index in [-0.39, 0.29) is 12.4 Å². The van der Waals surface area contributed by atoms with Gasteiger partial charge in [-0.3, -0.25) is 4.79 Å². The highest BCUT2D eigenvalue weighted by Gasteiger charge is 2.41. The third-order valence-corrected chi connectivity index (χ3v) is 3.56. The van der Waals surface area contributed by atoms with Crippen LogP contribution in [0.2, 0.25) is 0 Å². The van der Waals surface area contributed by atoms with Crippen LogP contribution in [0.25, 0.3) is 0 Å². The summed E-state index contributed by atoms with van der Waals surface area (Å²) in [5.41, 5.74) is 2.10. The Balaban J connectivity index is 1.89. The summed E-state index contributed by atoms with van der Waals surface area (Å²) in [6.45, 7) is 2.75. The molecule has 0 bridgehead atoms. The maximum atomic E-state index is 11.1. The summed E-state index contributed by atoms with van der Waals surface area (Å²) < 4.78 is 0. The van der Waals surface area contributed by atoms with E-state index in [9.17, 15) is 4.79 Å². The zero-order valence-electron chi connectivity index (χ0n) is 10.2. The van der Waals surface area contributed by atoms with Crippen LogP contribution in [0.4, 0.5) is 5.69 Å². The van der Waals surface area contributed by atoms with Gasteiger partial charge in [-0.05, 0) is 55.9 Å². The molecule has 1 aliphatic carbocycles. The van der Waals surface area contributed by atoms with Crippen LogP contribution in [-0.2, 0) is 0 Å². The molecule has 2 rings (SSSR count). The lowest BCUT2D eigenvalue weighted by Crippen LogP contribution is -2.16. The molecule has 0 unspecified atom stereocenters. The van der Waals surface area contributed by atoms with Crippen molar-refractivity contribution < 1.29 is 9.90 Å². The Kier molecular flexibility index (Phi) is 3.48. The number of aliphatic hydroxyl groups is 1. The molecule has 0 amide bonds. The average Bonchev–Trinajstić information content (AvgIpc) is 3.08. The number of carbonyl (C=O) groups is 1. The second-order valence-corrected chi connectivity index (χ2v) is 4.96. The van der Waals surface area contributed by atoms with Crippen LogP contribution < -0.4 is 5.32 Å². The molecule has 92 valence electrons. The highest BCUT2D eigenvalue weighted by Crippen LogP contribution is 2.48. The molecule has 3 heteroatoms. The minimum absolute atomic E-state index is 0.0930. The Bertz CT molecular complexity index is 393. The van der Waals surface area contributed by atoms with Crippen LogP contribution in [-0.4, -0.2) is 24.0 Å². The van der Waals surface area contributed by atoms with Crippen LogP contribution in [0.3, 0.4) is 0 Å². The topological polar surface area (TPSA) is 49.3 Å². The molecule has 0 saturated heterocycles. The summed E-state index contributed by atoms with van der Waals surface area (Å²) in [4.78, 5) is 11.1. The van der Waals surface area contributed by atoms with E-state index in [0.717, 1.165) is 24.2 Å². The molecule has 0 atom stereocenters. The predicted molar refractivity (Wildman–Crippen MR) is 68.3 cm³/mol. The number of ketones is 1. The predicted octanol–water partition coefficient (Wildman–Crippen LogP) is 2.46. The van der Waals surface area contributed by atoms with Crippen LogP contribution in [0.5, 0.6) is 0 Å². The van der Waals surface area contributed by atoms with Gasteiger partial charge in [-0.1, -0.05) is 0 Å². The van der Waals surface area contributed by atoms with Crippen molar-refractivity contribution in [2.45, 2.75) is 26.2 Å². The monoisotopic (exact) mass is 233 g/mol. The van der Waals surface area contributed by atoms with E-state index in [1.165, 1.54) is 12.8 Å². The van der Waals surface area contributed by atoms with Gasteiger partial charge in [0.25, 0.3) is 0 Å². The number of Topliss-reactive ketones (excluding diaryl/α,β-unsaturated/α-hetero) is 1. The largest absolute Gasteiger partial charge is 0.396 e. The quantitative estimate of drug-likeness (QED) is 0.742. The summed E-state index contributed by atoms with van der Waals surface area (Å²) in [7, 11) is 0. The number of nitrogens with one attached hydrogen (secondary N) is 1. The van der Waals surface area contributed by atoms with Gasteiger partial charge in [-0.25, -0.2) is 0 Å². The van der Waals surface area contributed by atoms with Gasteiger partial charge in [0, 0.05) is 24.4 Å². The lowest BCUT2D eigenvalue weighted by atomic mass is 10.0. The van der Waals surface area contributed by atoms with Gasteiger partial charge in [-0.15, -0.1) is 0 Å². The van der Waals surface area contributed by atoms with E-state index in [1.807, 2.05) is 24.3 Å². The molecule has 1 fully saturated rings. The van der Waals surface area contributed by atoms with Gasteiger partial charge in [0.05, 0.1) is 0 Å². The first-order chi connectivity index (χ1) is 8.15. The molecule has 0 spiro atoms. The van der Waals surface area contributed by atoms with Crippen LogP contribution in [0.15, 0.2) is 24.3 Å². The van der Waals surface area contributed by atoms with Crippen molar-refractivity contribution in [1.82, 2.24) is 0 Å². The second kappa shape index (κ2) is 4.88.